The summed E-state index contributed by atoms with van der Waals surface area (Å²) in [4.78, 5) is 4.92. The molecule has 0 saturated heterocycles. The number of para-hydroxylation sites is 4. The maximum absolute atomic E-state index is 2.54. The van der Waals surface area contributed by atoms with Crippen LogP contribution >= 0.6 is 0 Å². The number of aromatic nitrogens is 1. The van der Waals surface area contributed by atoms with Crippen molar-refractivity contribution >= 4 is 68.3 Å². The fourth-order valence-electron chi connectivity index (χ4n) is 9.22. The van der Waals surface area contributed by atoms with Crippen LogP contribution in [0.4, 0.5) is 34.3 Å². The molecular weight excluding hydrogens is 701 g/mol. The minimum atomic E-state index is -0.000707. The zero-order valence-electron chi connectivity index (χ0n) is 34.8. The minimum absolute atomic E-state index is 0.000707. The fourth-order valence-corrected chi connectivity index (χ4v) is 9.22. The molecule has 3 nitrogen and oxygen atoms in total. The van der Waals surface area contributed by atoms with Gasteiger partial charge in [0.2, 0.25) is 6.71 Å². The molecule has 1 aliphatic rings. The summed E-state index contributed by atoms with van der Waals surface area (Å²) in [5.41, 5.74) is 17.7. The van der Waals surface area contributed by atoms with Crippen molar-refractivity contribution in [3.8, 4) is 5.69 Å². The van der Waals surface area contributed by atoms with Crippen LogP contribution in [0.2, 0.25) is 0 Å². The van der Waals surface area contributed by atoms with Gasteiger partial charge in [0.15, 0.2) is 0 Å². The van der Waals surface area contributed by atoms with E-state index < -0.39 is 0 Å². The molecule has 0 amide bonds. The molecule has 0 radical (unpaired) electrons. The number of hydrogen-bond donors (Lipinski definition) is 0. The van der Waals surface area contributed by atoms with Gasteiger partial charge in [-0.05, 0) is 130 Å². The third-order valence-corrected chi connectivity index (χ3v) is 12.0. The van der Waals surface area contributed by atoms with Gasteiger partial charge in [0.05, 0.1) is 5.52 Å². The zero-order chi connectivity index (χ0) is 40.1. The van der Waals surface area contributed by atoms with Crippen molar-refractivity contribution < 1.29 is 0 Å². The Morgan fingerprint density at radius 2 is 1.02 bits per heavy atom. The summed E-state index contributed by atoms with van der Waals surface area (Å²) in [5.74, 6) is 2.31. The number of hydrogen-bond acceptors (Lipinski definition) is 2. The van der Waals surface area contributed by atoms with Crippen molar-refractivity contribution in [2.24, 2.45) is 0 Å². The van der Waals surface area contributed by atoms with Gasteiger partial charge in [-0.15, -0.1) is 0 Å². The van der Waals surface area contributed by atoms with E-state index in [1.165, 1.54) is 61.1 Å². The average Bonchev–Trinajstić information content (AvgIpc) is 3.57. The standard InChI is InChI=1S/C54H52BN3/c1-36(2)40-33-47(37(3)4)52(48(34-40)38(5)6)55-49-31-28-39(7)32-51(49)58(44-26-18-11-19-27-44)54-53(55)46-30-29-45(35-50(46)57(54)43-24-16-10-17-25-43)56(41-20-12-8-13-21-41)42-22-14-9-15-23-42/h8-38H,1-7H3. The number of anilines is 6. The first-order chi connectivity index (χ1) is 28.2. The minimum Gasteiger partial charge on any atom is -0.310 e. The van der Waals surface area contributed by atoms with Gasteiger partial charge >= 0.3 is 0 Å². The van der Waals surface area contributed by atoms with Gasteiger partial charge in [0.1, 0.15) is 5.82 Å². The molecule has 0 N–H and O–H groups in total. The Kier molecular flexibility index (Phi) is 9.81. The highest BCUT2D eigenvalue weighted by Crippen LogP contribution is 2.44. The number of aryl methyl sites for hydroxylation is 1. The van der Waals surface area contributed by atoms with E-state index in [2.05, 4.69) is 233 Å². The van der Waals surface area contributed by atoms with Gasteiger partial charge in [-0.3, -0.25) is 9.47 Å². The van der Waals surface area contributed by atoms with E-state index in [1.807, 2.05) is 0 Å². The summed E-state index contributed by atoms with van der Waals surface area (Å²) >= 11 is 0. The molecule has 4 heteroatoms. The zero-order valence-corrected chi connectivity index (χ0v) is 34.8. The van der Waals surface area contributed by atoms with E-state index in [1.54, 1.807) is 0 Å². The molecule has 286 valence electrons. The molecule has 0 saturated carbocycles. The molecule has 0 fully saturated rings. The smallest absolute Gasteiger partial charge is 0.250 e. The van der Waals surface area contributed by atoms with Crippen molar-refractivity contribution in [2.45, 2.75) is 66.2 Å². The first-order valence-electron chi connectivity index (χ1n) is 21.0. The second kappa shape index (κ2) is 15.2. The first-order valence-corrected chi connectivity index (χ1v) is 21.0. The summed E-state index contributed by atoms with van der Waals surface area (Å²) in [6, 6.07) is 62.8. The van der Waals surface area contributed by atoms with Crippen molar-refractivity contribution in [3.05, 3.63) is 192 Å². The van der Waals surface area contributed by atoms with E-state index in [0.29, 0.717) is 17.8 Å². The summed E-state index contributed by atoms with van der Waals surface area (Å²) in [6.07, 6.45) is 0. The second-order valence-corrected chi connectivity index (χ2v) is 16.9. The Labute approximate surface area is 345 Å². The molecule has 1 aliphatic heterocycles. The predicted octanol–water partition coefficient (Wildman–Crippen LogP) is 13.1. The molecule has 1 aromatic heterocycles. The average molecular weight is 754 g/mol. The molecule has 7 aromatic carbocycles. The second-order valence-electron chi connectivity index (χ2n) is 16.9. The van der Waals surface area contributed by atoms with Crippen LogP contribution in [-0.4, -0.2) is 11.3 Å². The predicted molar refractivity (Wildman–Crippen MR) is 251 cm³/mol. The molecule has 0 spiro atoms. The molecule has 0 bridgehead atoms. The maximum atomic E-state index is 2.54. The molecule has 8 aromatic rings. The number of nitrogens with zero attached hydrogens (tertiary/aromatic N) is 3. The summed E-state index contributed by atoms with van der Waals surface area (Å²) < 4.78 is 2.54. The largest absolute Gasteiger partial charge is 0.310 e. The lowest BCUT2D eigenvalue weighted by molar-refractivity contribution is 0.812. The highest BCUT2D eigenvalue weighted by Gasteiger charge is 2.42. The number of rotatable bonds is 9. The van der Waals surface area contributed by atoms with Crippen LogP contribution < -0.4 is 26.2 Å². The SMILES string of the molecule is Cc1ccc2c(c1)N(c1ccccc1)c1c(c3ccc(N(c4ccccc4)c4ccccc4)cc3n1-c1ccccc1)B2c1c(C(C)C)cc(C(C)C)cc1C(C)C. The topological polar surface area (TPSA) is 11.4 Å². The van der Waals surface area contributed by atoms with Gasteiger partial charge in [-0.25, -0.2) is 0 Å². The Morgan fingerprint density at radius 1 is 0.483 bits per heavy atom. The van der Waals surface area contributed by atoms with Crippen molar-refractivity contribution in [1.82, 2.24) is 4.57 Å². The molecule has 58 heavy (non-hydrogen) atoms. The molecule has 0 atom stereocenters. The van der Waals surface area contributed by atoms with Crippen LogP contribution in [0, 0.1) is 6.92 Å². The Bertz CT molecular complexity index is 2650. The van der Waals surface area contributed by atoms with E-state index in [4.69, 9.17) is 0 Å². The molecule has 9 rings (SSSR count). The number of benzene rings is 7. The van der Waals surface area contributed by atoms with Crippen LogP contribution in [-0.2, 0) is 0 Å². The van der Waals surface area contributed by atoms with Gasteiger partial charge in [-0.2, -0.15) is 0 Å². The van der Waals surface area contributed by atoms with Crippen LogP contribution in [0.5, 0.6) is 0 Å². The lowest BCUT2D eigenvalue weighted by atomic mass is 9.33. The molecule has 0 unspecified atom stereocenters. The summed E-state index contributed by atoms with van der Waals surface area (Å²) in [5, 5.41) is 1.26. The number of fused-ring (bicyclic) bond motifs is 4. The van der Waals surface area contributed by atoms with Gasteiger partial charge in [0.25, 0.3) is 0 Å². The lowest BCUT2D eigenvalue weighted by Crippen LogP contribution is -2.59. The Morgan fingerprint density at radius 3 is 1.55 bits per heavy atom. The first kappa shape index (κ1) is 37.3. The lowest BCUT2D eigenvalue weighted by Gasteiger charge is -2.38. The third kappa shape index (κ3) is 6.41. The van der Waals surface area contributed by atoms with Crippen LogP contribution in [0.25, 0.3) is 16.6 Å². The summed E-state index contributed by atoms with van der Waals surface area (Å²) in [6.45, 7) is 16.4. The monoisotopic (exact) mass is 753 g/mol. The van der Waals surface area contributed by atoms with Crippen LogP contribution in [0.1, 0.15) is 81.5 Å². The summed E-state index contributed by atoms with van der Waals surface area (Å²) in [7, 11) is 0. The van der Waals surface area contributed by atoms with E-state index >= 15 is 0 Å². The van der Waals surface area contributed by atoms with Gasteiger partial charge in [-0.1, -0.05) is 150 Å². The van der Waals surface area contributed by atoms with Gasteiger partial charge < -0.3 is 4.90 Å². The van der Waals surface area contributed by atoms with Gasteiger partial charge in [0, 0.05) is 34.1 Å². The Hall–Kier alpha value is -6.26. The maximum Gasteiger partial charge on any atom is 0.250 e. The van der Waals surface area contributed by atoms with Crippen LogP contribution in [0.3, 0.4) is 0 Å². The fraction of sp³-hybridized carbons (Fsp3) is 0.185. The van der Waals surface area contributed by atoms with E-state index in [9.17, 15) is 0 Å². The van der Waals surface area contributed by atoms with Crippen molar-refractivity contribution in [1.29, 1.82) is 0 Å². The molecular formula is C54H52BN3. The van der Waals surface area contributed by atoms with Crippen molar-refractivity contribution in [3.63, 3.8) is 0 Å². The molecule has 0 aliphatic carbocycles. The quantitative estimate of drug-likeness (QED) is 0.136. The van der Waals surface area contributed by atoms with Crippen LogP contribution in [0.15, 0.2) is 170 Å². The van der Waals surface area contributed by atoms with Crippen molar-refractivity contribution in [2.75, 3.05) is 9.80 Å². The highest BCUT2D eigenvalue weighted by atomic mass is 15.3. The third-order valence-electron chi connectivity index (χ3n) is 12.0. The normalized spacial score (nSPS) is 12.4. The van der Waals surface area contributed by atoms with E-state index in [0.717, 1.165) is 28.4 Å². The Balaban J connectivity index is 1.46. The molecule has 2 heterocycles. The van der Waals surface area contributed by atoms with E-state index in [-0.39, 0.29) is 6.71 Å². The highest BCUT2D eigenvalue weighted by molar-refractivity contribution is 7.00.